The lowest BCUT2D eigenvalue weighted by Gasteiger charge is -2.30. The number of hydrogen-bond donors (Lipinski definition) is 4. The lowest BCUT2D eigenvalue weighted by molar-refractivity contribution is -0.139. The van der Waals surface area contributed by atoms with Gasteiger partial charge < -0.3 is 26.0 Å². The molecule has 0 spiro atoms. The zero-order valence-corrected chi connectivity index (χ0v) is 19.3. The molecule has 2 aromatic rings. The van der Waals surface area contributed by atoms with Gasteiger partial charge in [0.1, 0.15) is 0 Å². The third kappa shape index (κ3) is 6.20. The van der Waals surface area contributed by atoms with E-state index in [9.17, 15) is 18.0 Å². The van der Waals surface area contributed by atoms with Gasteiger partial charge in [-0.25, -0.2) is 4.79 Å². The van der Waals surface area contributed by atoms with E-state index in [1.54, 1.807) is 38.1 Å². The van der Waals surface area contributed by atoms with E-state index in [2.05, 4.69) is 21.3 Å². The minimum Gasteiger partial charge on any atom is -0.463 e. The average molecular weight is 495 g/mol. The van der Waals surface area contributed by atoms with Crippen LogP contribution in [0.5, 0.6) is 0 Å². The van der Waals surface area contributed by atoms with Crippen molar-refractivity contribution in [3.63, 3.8) is 0 Å². The van der Waals surface area contributed by atoms with Gasteiger partial charge in [-0.05, 0) is 74.2 Å². The quantitative estimate of drug-likeness (QED) is 0.347. The van der Waals surface area contributed by atoms with Crippen molar-refractivity contribution in [2.45, 2.75) is 26.1 Å². The summed E-state index contributed by atoms with van der Waals surface area (Å²) in [4.78, 5) is 12.5. The number of anilines is 2. The number of hydrogen-bond acceptors (Lipinski definition) is 4. The van der Waals surface area contributed by atoms with Gasteiger partial charge in [0.25, 0.3) is 0 Å². The van der Waals surface area contributed by atoms with Crippen molar-refractivity contribution in [3.8, 4) is 0 Å². The van der Waals surface area contributed by atoms with Crippen LogP contribution in [0, 0.1) is 0 Å². The molecule has 1 unspecified atom stereocenters. The Morgan fingerprint density at radius 2 is 1.79 bits per heavy atom. The van der Waals surface area contributed by atoms with Crippen molar-refractivity contribution in [3.05, 3.63) is 70.9 Å². The largest absolute Gasteiger partial charge is 0.463 e. The molecule has 0 bridgehead atoms. The Bertz CT molecular complexity index is 1100. The van der Waals surface area contributed by atoms with Gasteiger partial charge in [-0.2, -0.15) is 13.2 Å². The fraction of sp³-hybridized carbons (Fsp3) is 0.227. The fourth-order valence-corrected chi connectivity index (χ4v) is 3.76. The molecule has 6 nitrogen and oxygen atoms in total. The Balaban J connectivity index is 1.72. The van der Waals surface area contributed by atoms with E-state index in [4.69, 9.17) is 29.2 Å². The van der Waals surface area contributed by atoms with Gasteiger partial charge in [-0.3, -0.25) is 0 Å². The molecule has 0 amide bonds. The first-order valence-electron chi connectivity index (χ1n) is 9.89. The highest BCUT2D eigenvalue weighted by atomic mass is 32.1. The number of alkyl halides is 3. The van der Waals surface area contributed by atoms with Crippen LogP contribution in [0.25, 0.3) is 0 Å². The minimum absolute atomic E-state index is 0.131. The van der Waals surface area contributed by atoms with Crippen LogP contribution in [-0.2, 0) is 15.7 Å². The van der Waals surface area contributed by atoms with Crippen molar-refractivity contribution in [1.29, 1.82) is 0 Å². The number of carbonyl (C=O) groups is 1. The molecule has 1 heterocycles. The zero-order chi connectivity index (χ0) is 24.2. The van der Waals surface area contributed by atoms with Crippen LogP contribution in [0.2, 0.25) is 0 Å². The van der Waals surface area contributed by atoms with Gasteiger partial charge in [-0.1, -0.05) is 18.2 Å². The zero-order valence-electron chi connectivity index (χ0n) is 17.7. The third-order valence-electron chi connectivity index (χ3n) is 4.71. The van der Waals surface area contributed by atoms with Crippen LogP contribution < -0.4 is 21.3 Å². The second-order valence-corrected chi connectivity index (χ2v) is 7.89. The molecule has 1 atom stereocenters. The number of rotatable bonds is 5. The maximum atomic E-state index is 12.9. The highest BCUT2D eigenvalue weighted by Gasteiger charge is 2.31. The van der Waals surface area contributed by atoms with E-state index < -0.39 is 23.8 Å². The number of ether oxygens (including phenoxy) is 1. The molecule has 2 aromatic carbocycles. The molecular formula is C22H21F3N4O2S2. The van der Waals surface area contributed by atoms with Crippen LogP contribution in [0.1, 0.15) is 31.0 Å². The third-order valence-corrected chi connectivity index (χ3v) is 5.14. The predicted octanol–water partition coefficient (Wildman–Crippen LogP) is 4.87. The van der Waals surface area contributed by atoms with E-state index >= 15 is 0 Å². The van der Waals surface area contributed by atoms with Crippen molar-refractivity contribution in [1.82, 2.24) is 10.6 Å². The number of halogens is 3. The van der Waals surface area contributed by atoms with Gasteiger partial charge in [0.2, 0.25) is 0 Å². The molecule has 1 aliphatic heterocycles. The first-order chi connectivity index (χ1) is 15.6. The number of carbonyl (C=O) groups excluding carboxylic acids is 1. The van der Waals surface area contributed by atoms with Crippen molar-refractivity contribution in [2.24, 2.45) is 0 Å². The molecule has 0 radical (unpaired) electrons. The van der Waals surface area contributed by atoms with Crippen LogP contribution in [0.15, 0.2) is 59.8 Å². The monoisotopic (exact) mass is 494 g/mol. The fourth-order valence-electron chi connectivity index (χ4n) is 3.25. The lowest BCUT2D eigenvalue weighted by atomic mass is 9.95. The number of nitrogens with one attached hydrogen (secondary N) is 4. The van der Waals surface area contributed by atoms with Crippen LogP contribution in [-0.4, -0.2) is 22.8 Å². The molecule has 3 rings (SSSR count). The maximum absolute atomic E-state index is 12.9. The summed E-state index contributed by atoms with van der Waals surface area (Å²) in [6, 6.07) is 11.3. The highest BCUT2D eigenvalue weighted by molar-refractivity contribution is 7.80. The smallest absolute Gasteiger partial charge is 0.416 e. The minimum atomic E-state index is -4.44. The molecule has 0 saturated heterocycles. The number of thiocarbonyl (C=S) groups is 2. The summed E-state index contributed by atoms with van der Waals surface area (Å²) in [7, 11) is 0. The standard InChI is InChI=1S/C22H21F3N4O2S2/c1-3-31-19(30)17-12(2)26-20(32)29-18(17)13-7-9-15(10-8-13)27-21(33)28-16-6-4-5-14(11-16)22(23,24)25/h4-11,18H,3H2,1-2H3,(H2,26,29,32)(H2,27,28,33). The topological polar surface area (TPSA) is 74.4 Å². The Kier molecular flexibility index (Phi) is 7.54. The summed E-state index contributed by atoms with van der Waals surface area (Å²) in [5, 5.41) is 12.2. The first-order valence-corrected chi connectivity index (χ1v) is 10.7. The highest BCUT2D eigenvalue weighted by Crippen LogP contribution is 2.31. The maximum Gasteiger partial charge on any atom is 0.416 e. The number of allylic oxidation sites excluding steroid dienone is 1. The average Bonchev–Trinajstić information content (AvgIpc) is 2.73. The van der Waals surface area contributed by atoms with Gasteiger partial charge in [0.05, 0.1) is 23.8 Å². The van der Waals surface area contributed by atoms with E-state index in [1.807, 2.05) is 0 Å². The molecule has 4 N–H and O–H groups in total. The second kappa shape index (κ2) is 10.2. The molecule has 0 aliphatic carbocycles. The Morgan fingerprint density at radius 1 is 1.12 bits per heavy atom. The van der Waals surface area contributed by atoms with Crippen molar-refractivity contribution in [2.75, 3.05) is 17.2 Å². The van der Waals surface area contributed by atoms with Crippen LogP contribution in [0.3, 0.4) is 0 Å². The Hall–Kier alpha value is -3.18. The summed E-state index contributed by atoms with van der Waals surface area (Å²) in [5.74, 6) is -0.448. The molecule has 0 aromatic heterocycles. The Morgan fingerprint density at radius 3 is 2.42 bits per heavy atom. The number of benzene rings is 2. The summed E-state index contributed by atoms with van der Waals surface area (Å²) in [6.45, 7) is 3.72. The predicted molar refractivity (Wildman–Crippen MR) is 129 cm³/mol. The van der Waals surface area contributed by atoms with Crippen molar-refractivity contribution >= 4 is 52.0 Å². The normalized spacial score (nSPS) is 15.9. The first kappa shape index (κ1) is 24.5. The van der Waals surface area contributed by atoms with E-state index in [0.29, 0.717) is 22.1 Å². The molecule has 0 fully saturated rings. The van der Waals surface area contributed by atoms with E-state index in [0.717, 1.165) is 17.7 Å². The molecule has 1 aliphatic rings. The Labute approximate surface area is 199 Å². The summed E-state index contributed by atoms with van der Waals surface area (Å²) in [5.41, 5.74) is 1.85. The van der Waals surface area contributed by atoms with E-state index in [-0.39, 0.29) is 17.4 Å². The summed E-state index contributed by atoms with van der Waals surface area (Å²) >= 11 is 10.4. The molecule has 174 valence electrons. The number of esters is 1. The summed E-state index contributed by atoms with van der Waals surface area (Å²) in [6.07, 6.45) is -4.44. The van der Waals surface area contributed by atoms with Gasteiger partial charge in [0, 0.05) is 17.1 Å². The van der Waals surface area contributed by atoms with Crippen LogP contribution >= 0.6 is 24.4 Å². The van der Waals surface area contributed by atoms with Gasteiger partial charge in [0.15, 0.2) is 10.2 Å². The van der Waals surface area contributed by atoms with Gasteiger partial charge >= 0.3 is 12.1 Å². The lowest BCUT2D eigenvalue weighted by Crippen LogP contribution is -2.45. The van der Waals surface area contributed by atoms with Crippen molar-refractivity contribution < 1.29 is 22.7 Å². The van der Waals surface area contributed by atoms with Crippen LogP contribution in [0.4, 0.5) is 24.5 Å². The molecule has 33 heavy (non-hydrogen) atoms. The van der Waals surface area contributed by atoms with Gasteiger partial charge in [-0.15, -0.1) is 0 Å². The molecular weight excluding hydrogens is 473 g/mol. The summed E-state index contributed by atoms with van der Waals surface area (Å²) < 4.78 is 43.8. The molecule has 11 heteroatoms. The second-order valence-electron chi connectivity index (χ2n) is 7.07. The molecule has 0 saturated carbocycles. The SMILES string of the molecule is CCOC(=O)C1=C(C)NC(=S)NC1c1ccc(NC(=S)Nc2cccc(C(F)(F)F)c2)cc1. The van der Waals surface area contributed by atoms with E-state index in [1.165, 1.54) is 12.1 Å².